The largest absolute Gasteiger partial charge is 0.335 e. The van der Waals surface area contributed by atoms with Gasteiger partial charge in [-0.25, -0.2) is 0 Å². The van der Waals surface area contributed by atoms with Gasteiger partial charge in [0.2, 0.25) is 0 Å². The Morgan fingerprint density at radius 1 is 0.700 bits per heavy atom. The second kappa shape index (κ2) is 80.7. The van der Waals surface area contributed by atoms with Crippen LogP contribution < -0.4 is 0 Å². The molecule has 10 heavy (non-hydrogen) atoms. The maximum absolute atomic E-state index is 6.00. The summed E-state index contributed by atoms with van der Waals surface area (Å²) in [6.45, 7) is 8.00. The van der Waals surface area contributed by atoms with Crippen LogP contribution in [0.3, 0.4) is 0 Å². The number of hydrogen-bond acceptors (Lipinski definition) is 2. The molecule has 0 atom stereocenters. The molecule has 0 bridgehead atoms. The maximum atomic E-state index is 6.00. The van der Waals surface area contributed by atoms with Crippen LogP contribution in [0.4, 0.5) is 0 Å². The summed E-state index contributed by atoms with van der Waals surface area (Å²) in [5, 5.41) is 12.0. The molecular formula is C6H16O2Ti2-2. The van der Waals surface area contributed by atoms with E-state index < -0.39 is 0 Å². The molecule has 0 aliphatic rings. The molecule has 0 aromatic heterocycles. The Morgan fingerprint density at radius 3 is 0.700 bits per heavy atom. The summed E-state index contributed by atoms with van der Waals surface area (Å²) < 4.78 is 0. The molecule has 0 aromatic carbocycles. The minimum atomic E-state index is 0. The summed E-state index contributed by atoms with van der Waals surface area (Å²) in [6, 6.07) is 0. The quantitative estimate of drug-likeness (QED) is 0.282. The van der Waals surface area contributed by atoms with Crippen LogP contribution in [0.5, 0.6) is 0 Å². The summed E-state index contributed by atoms with van der Waals surface area (Å²) in [5.41, 5.74) is 0. The van der Waals surface area contributed by atoms with Crippen LogP contribution in [0.2, 0.25) is 0 Å². The molecule has 0 saturated heterocycles. The van der Waals surface area contributed by atoms with Gasteiger partial charge in [-0.15, -0.1) is 0 Å². The van der Waals surface area contributed by atoms with Gasteiger partial charge in [0, 0.05) is 43.4 Å². The molecule has 62 valence electrons. The zero-order valence-electron chi connectivity index (χ0n) is 7.05. The third-order valence-corrected chi connectivity index (χ3v) is 0. The van der Waals surface area contributed by atoms with Crippen molar-refractivity contribution in [3.63, 3.8) is 0 Å². The first-order chi connectivity index (χ1) is 3.83. The Morgan fingerprint density at radius 2 is 0.700 bits per heavy atom. The van der Waals surface area contributed by atoms with Crippen LogP contribution in [0, 0.1) is 12.8 Å². The molecule has 0 heterocycles. The van der Waals surface area contributed by atoms with E-state index >= 15 is 0 Å². The molecule has 0 amide bonds. The Hall–Kier alpha value is 1.35. The van der Waals surface area contributed by atoms with Crippen molar-refractivity contribution in [3.05, 3.63) is 12.8 Å². The standard InChI is InChI=1S/2C3H7.H2O2.2Ti/c2*1-3-2;1-2;;/h2*3H,1-2H3;1-2H;;/q2*-1;;;. The smallest absolute Gasteiger partial charge is 0 e. The second-order valence-electron chi connectivity index (χ2n) is 1.15. The molecule has 0 saturated carbocycles. The van der Waals surface area contributed by atoms with E-state index in [1.165, 1.54) is 0 Å². The van der Waals surface area contributed by atoms with Gasteiger partial charge >= 0.3 is 0 Å². The number of rotatable bonds is 0. The minimum absolute atomic E-state index is 0. The fraction of sp³-hybridized carbons (Fsp3) is 0.667. The number of hydrogen-bond donors (Lipinski definition) is 2. The molecule has 0 unspecified atom stereocenters. The Bertz CT molecular complexity index is 15.7. The first-order valence-electron chi connectivity index (χ1n) is 2.51. The van der Waals surface area contributed by atoms with Crippen molar-refractivity contribution in [2.24, 2.45) is 0 Å². The van der Waals surface area contributed by atoms with Crippen molar-refractivity contribution in [1.29, 1.82) is 0 Å². The third kappa shape index (κ3) is 358. The molecule has 0 aromatic rings. The molecule has 0 radical (unpaired) electrons. The van der Waals surface area contributed by atoms with E-state index in [0.29, 0.717) is 0 Å². The monoisotopic (exact) mass is 216 g/mol. The van der Waals surface area contributed by atoms with Gasteiger partial charge < -0.3 is 12.8 Å². The van der Waals surface area contributed by atoms with E-state index in [0.717, 1.165) is 0 Å². The van der Waals surface area contributed by atoms with Gasteiger partial charge in [0.1, 0.15) is 0 Å². The molecule has 0 aliphatic carbocycles. The fourth-order valence-corrected chi connectivity index (χ4v) is 0. The summed E-state index contributed by atoms with van der Waals surface area (Å²) >= 11 is 0. The minimum Gasteiger partial charge on any atom is -0.335 e. The molecule has 0 fully saturated rings. The Kier molecular flexibility index (Phi) is 243. The van der Waals surface area contributed by atoms with Gasteiger partial charge in [0.15, 0.2) is 0 Å². The van der Waals surface area contributed by atoms with E-state index in [1.54, 1.807) is 0 Å². The summed E-state index contributed by atoms with van der Waals surface area (Å²) in [7, 11) is 0. The van der Waals surface area contributed by atoms with E-state index in [1.807, 2.05) is 40.5 Å². The van der Waals surface area contributed by atoms with Crippen LogP contribution in [0.15, 0.2) is 0 Å². The van der Waals surface area contributed by atoms with Crippen molar-refractivity contribution >= 4 is 0 Å². The Labute approximate surface area is 94.1 Å². The summed E-state index contributed by atoms with van der Waals surface area (Å²) in [4.78, 5) is 0. The van der Waals surface area contributed by atoms with Crippen LogP contribution in [-0.2, 0) is 43.4 Å². The molecule has 2 N–H and O–H groups in total. The second-order valence-corrected chi connectivity index (χ2v) is 1.15. The molecule has 0 rings (SSSR count). The molecule has 2 nitrogen and oxygen atoms in total. The van der Waals surface area contributed by atoms with Gasteiger partial charge in [-0.2, -0.15) is 27.7 Å². The Balaban J connectivity index is -0.0000000116. The predicted molar refractivity (Wildman–Crippen MR) is 36.6 cm³/mol. The zero-order chi connectivity index (χ0) is 7.41. The van der Waals surface area contributed by atoms with Crippen LogP contribution >= 0.6 is 0 Å². The molecule has 4 heteroatoms. The summed E-state index contributed by atoms with van der Waals surface area (Å²) in [5.74, 6) is 0. The molecular weight excluding hydrogens is 200 g/mol. The predicted octanol–water partition coefficient (Wildman–Crippen LogP) is 2.47. The van der Waals surface area contributed by atoms with Gasteiger partial charge in [-0.05, 0) is 0 Å². The van der Waals surface area contributed by atoms with E-state index in [2.05, 4.69) is 0 Å². The first kappa shape index (κ1) is 30.2. The SMILES string of the molecule is C[CH-]C.C[CH-]C.OO.[Ti].[Ti]. The molecule has 0 spiro atoms. The molecule has 0 aliphatic heterocycles. The maximum Gasteiger partial charge on any atom is 0 e. The van der Waals surface area contributed by atoms with Gasteiger partial charge in [-0.3, -0.25) is 10.5 Å². The van der Waals surface area contributed by atoms with Gasteiger partial charge in [0.05, 0.1) is 0 Å². The van der Waals surface area contributed by atoms with Crippen LogP contribution in [0.1, 0.15) is 27.7 Å². The van der Waals surface area contributed by atoms with E-state index in [9.17, 15) is 0 Å². The van der Waals surface area contributed by atoms with Crippen molar-refractivity contribution in [2.75, 3.05) is 0 Å². The van der Waals surface area contributed by atoms with Crippen LogP contribution in [-0.4, -0.2) is 10.5 Å². The van der Waals surface area contributed by atoms with Crippen molar-refractivity contribution in [3.8, 4) is 0 Å². The van der Waals surface area contributed by atoms with Crippen molar-refractivity contribution in [1.82, 2.24) is 0 Å². The van der Waals surface area contributed by atoms with Crippen molar-refractivity contribution < 1.29 is 53.9 Å². The third-order valence-electron chi connectivity index (χ3n) is 0. The van der Waals surface area contributed by atoms with Crippen molar-refractivity contribution in [2.45, 2.75) is 27.7 Å². The summed E-state index contributed by atoms with van der Waals surface area (Å²) in [6.07, 6.45) is 4.00. The normalized spacial score (nSPS) is 4.20. The first-order valence-corrected chi connectivity index (χ1v) is 2.51. The van der Waals surface area contributed by atoms with Crippen LogP contribution in [0.25, 0.3) is 0 Å². The van der Waals surface area contributed by atoms with Gasteiger partial charge in [-0.1, -0.05) is 0 Å². The zero-order valence-corrected chi connectivity index (χ0v) is 10.2. The van der Waals surface area contributed by atoms with E-state index in [4.69, 9.17) is 10.5 Å². The van der Waals surface area contributed by atoms with Gasteiger partial charge in [0.25, 0.3) is 0 Å². The topological polar surface area (TPSA) is 40.5 Å². The average molecular weight is 216 g/mol. The van der Waals surface area contributed by atoms with E-state index in [-0.39, 0.29) is 43.4 Å². The fourth-order valence-electron chi connectivity index (χ4n) is 0. The average Bonchev–Trinajstić information content (AvgIpc) is 1.75.